The molecule has 220 valence electrons. The van der Waals surface area contributed by atoms with Crippen LogP contribution in [0.1, 0.15) is 0 Å². The van der Waals surface area contributed by atoms with Crippen molar-refractivity contribution in [2.45, 2.75) is 0 Å². The van der Waals surface area contributed by atoms with Crippen LogP contribution in [-0.4, -0.2) is 19.9 Å². The maximum Gasteiger partial charge on any atom is 0.164 e. The second-order valence-electron chi connectivity index (χ2n) is 11.5. The molecule has 0 amide bonds. The molecular weight excluding hydrogens is 576 g/mol. The van der Waals surface area contributed by atoms with Crippen molar-refractivity contribution in [2.24, 2.45) is 0 Å². The summed E-state index contributed by atoms with van der Waals surface area (Å²) in [5.74, 6) is 1.89. The average molecular weight is 603 g/mol. The zero-order valence-corrected chi connectivity index (χ0v) is 25.2. The number of hydrogen-bond acceptors (Lipinski definition) is 5. The van der Waals surface area contributed by atoms with E-state index in [9.17, 15) is 0 Å². The normalized spacial score (nSPS) is 11.4. The van der Waals surface area contributed by atoms with Gasteiger partial charge in [0.15, 0.2) is 17.5 Å². The molecule has 0 fully saturated rings. The summed E-state index contributed by atoms with van der Waals surface area (Å²) >= 11 is 0. The maximum atomic E-state index is 6.20. The van der Waals surface area contributed by atoms with E-state index in [4.69, 9.17) is 24.4 Å². The molecule has 5 heteroatoms. The van der Waals surface area contributed by atoms with E-state index in [1.807, 2.05) is 97.2 Å². The molecule has 0 saturated carbocycles. The first-order valence-corrected chi connectivity index (χ1v) is 15.6. The van der Waals surface area contributed by atoms with Crippen LogP contribution in [0.25, 0.3) is 89.3 Å². The fourth-order valence-electron chi connectivity index (χ4n) is 6.37. The summed E-state index contributed by atoms with van der Waals surface area (Å²) in [5.41, 5.74) is 8.56. The predicted octanol–water partition coefficient (Wildman–Crippen LogP) is 10.7. The van der Waals surface area contributed by atoms with Crippen LogP contribution in [0.3, 0.4) is 0 Å². The third-order valence-electron chi connectivity index (χ3n) is 8.58. The lowest BCUT2D eigenvalue weighted by Crippen LogP contribution is -2.00. The molecular formula is C42H26N4O. The van der Waals surface area contributed by atoms with E-state index in [0.29, 0.717) is 17.5 Å². The Hall–Kier alpha value is -6.46. The number of fused-ring (bicyclic) bond motifs is 4. The van der Waals surface area contributed by atoms with Crippen LogP contribution >= 0.6 is 0 Å². The Bertz CT molecular complexity index is 2520. The minimum Gasteiger partial charge on any atom is -0.456 e. The van der Waals surface area contributed by atoms with Gasteiger partial charge in [0.25, 0.3) is 0 Å². The Labute approximate surface area is 270 Å². The highest BCUT2D eigenvalue weighted by atomic mass is 16.3. The lowest BCUT2D eigenvalue weighted by molar-refractivity contribution is 0.669. The van der Waals surface area contributed by atoms with Gasteiger partial charge in [0, 0.05) is 50.2 Å². The van der Waals surface area contributed by atoms with Gasteiger partial charge in [0.05, 0.1) is 5.69 Å². The van der Waals surface area contributed by atoms with Crippen molar-refractivity contribution in [3.8, 4) is 56.5 Å². The monoisotopic (exact) mass is 602 g/mol. The largest absolute Gasteiger partial charge is 0.456 e. The lowest BCUT2D eigenvalue weighted by atomic mass is 9.94. The Morgan fingerprint density at radius 1 is 0.383 bits per heavy atom. The highest BCUT2D eigenvalue weighted by Crippen LogP contribution is 2.40. The molecule has 9 rings (SSSR count). The van der Waals surface area contributed by atoms with E-state index in [0.717, 1.165) is 71.8 Å². The van der Waals surface area contributed by atoms with Crippen molar-refractivity contribution in [3.63, 3.8) is 0 Å². The minimum atomic E-state index is 0.618. The van der Waals surface area contributed by atoms with Gasteiger partial charge in [-0.25, -0.2) is 15.0 Å². The average Bonchev–Trinajstić information content (AvgIpc) is 3.54. The number of para-hydroxylation sites is 1. The molecule has 0 saturated heterocycles. The number of hydrogen-bond donors (Lipinski definition) is 0. The third-order valence-corrected chi connectivity index (χ3v) is 8.58. The predicted molar refractivity (Wildman–Crippen MR) is 190 cm³/mol. The summed E-state index contributed by atoms with van der Waals surface area (Å²) in [7, 11) is 0. The number of rotatable bonds is 5. The van der Waals surface area contributed by atoms with Crippen molar-refractivity contribution in [2.75, 3.05) is 0 Å². The van der Waals surface area contributed by atoms with E-state index >= 15 is 0 Å². The molecule has 3 aromatic heterocycles. The minimum absolute atomic E-state index is 0.618. The highest BCUT2D eigenvalue weighted by Gasteiger charge is 2.18. The van der Waals surface area contributed by atoms with Crippen LogP contribution < -0.4 is 0 Å². The molecule has 0 aliphatic heterocycles. The molecule has 6 aromatic carbocycles. The zero-order valence-electron chi connectivity index (χ0n) is 25.2. The second kappa shape index (κ2) is 11.2. The fourth-order valence-corrected chi connectivity index (χ4v) is 6.37. The Morgan fingerprint density at radius 3 is 1.64 bits per heavy atom. The molecule has 0 unspecified atom stereocenters. The van der Waals surface area contributed by atoms with Gasteiger partial charge in [-0.05, 0) is 29.1 Å². The van der Waals surface area contributed by atoms with Crippen molar-refractivity contribution < 1.29 is 4.42 Å². The molecule has 0 aliphatic carbocycles. The summed E-state index contributed by atoms with van der Waals surface area (Å²) in [4.78, 5) is 19.9. The lowest BCUT2D eigenvalue weighted by Gasteiger charge is -2.13. The maximum absolute atomic E-state index is 6.20. The first-order chi connectivity index (χ1) is 23.3. The van der Waals surface area contributed by atoms with Gasteiger partial charge in [0.2, 0.25) is 0 Å². The van der Waals surface area contributed by atoms with Crippen LogP contribution in [0.4, 0.5) is 0 Å². The van der Waals surface area contributed by atoms with Crippen LogP contribution in [-0.2, 0) is 0 Å². The van der Waals surface area contributed by atoms with Crippen molar-refractivity contribution in [1.29, 1.82) is 0 Å². The summed E-state index contributed by atoms with van der Waals surface area (Å²) in [6, 6.07) is 51.3. The van der Waals surface area contributed by atoms with Gasteiger partial charge in [-0.15, -0.1) is 0 Å². The smallest absolute Gasteiger partial charge is 0.164 e. The number of pyridine rings is 1. The first kappa shape index (κ1) is 26.9. The second-order valence-corrected chi connectivity index (χ2v) is 11.5. The molecule has 3 heterocycles. The van der Waals surface area contributed by atoms with Crippen molar-refractivity contribution >= 4 is 32.7 Å². The summed E-state index contributed by atoms with van der Waals surface area (Å²) < 4.78 is 6.20. The van der Waals surface area contributed by atoms with Gasteiger partial charge in [-0.2, -0.15) is 0 Å². The third kappa shape index (κ3) is 4.73. The molecule has 0 spiro atoms. The van der Waals surface area contributed by atoms with Crippen LogP contribution in [0.2, 0.25) is 0 Å². The highest BCUT2D eigenvalue weighted by molar-refractivity contribution is 6.15. The number of nitrogens with zero attached hydrogens (tertiary/aromatic N) is 4. The molecule has 0 atom stereocenters. The number of aromatic nitrogens is 4. The summed E-state index contributed by atoms with van der Waals surface area (Å²) in [5, 5.41) is 4.35. The molecule has 0 radical (unpaired) electrons. The zero-order chi connectivity index (χ0) is 31.2. The standard InChI is InChI=1S/C42H26N4O/c1-3-13-27(14-4-1)40-44-41(28-15-5-2-6-16-28)46-42(45-40)30-18-11-17-29(25-30)35-26-43-39(32-20-8-7-19-31(32)35)34-22-12-24-37-38(34)33-21-9-10-23-36(33)47-37/h1-26H. The van der Waals surface area contributed by atoms with E-state index < -0.39 is 0 Å². The first-order valence-electron chi connectivity index (χ1n) is 15.6. The Balaban J connectivity index is 1.20. The molecule has 0 aliphatic rings. The Morgan fingerprint density at radius 2 is 0.915 bits per heavy atom. The van der Waals surface area contributed by atoms with Crippen molar-refractivity contribution in [3.05, 3.63) is 158 Å². The van der Waals surface area contributed by atoms with Crippen molar-refractivity contribution in [1.82, 2.24) is 19.9 Å². The van der Waals surface area contributed by atoms with E-state index in [2.05, 4.69) is 60.7 Å². The molecule has 9 aromatic rings. The molecule has 5 nitrogen and oxygen atoms in total. The Kier molecular flexibility index (Phi) is 6.39. The molecule has 0 bridgehead atoms. The van der Waals surface area contributed by atoms with Gasteiger partial charge >= 0.3 is 0 Å². The topological polar surface area (TPSA) is 64.7 Å². The summed E-state index contributed by atoms with van der Waals surface area (Å²) in [6.45, 7) is 0. The van der Waals surface area contributed by atoms with Crippen LogP contribution in [0, 0.1) is 0 Å². The summed E-state index contributed by atoms with van der Waals surface area (Å²) in [6.07, 6.45) is 1.98. The fraction of sp³-hybridized carbons (Fsp3) is 0. The van der Waals surface area contributed by atoms with Gasteiger partial charge in [-0.3, -0.25) is 4.98 Å². The van der Waals surface area contributed by atoms with E-state index in [1.54, 1.807) is 0 Å². The quantitative estimate of drug-likeness (QED) is 0.196. The molecule has 47 heavy (non-hydrogen) atoms. The van der Waals surface area contributed by atoms with Crippen LogP contribution in [0.5, 0.6) is 0 Å². The van der Waals surface area contributed by atoms with Gasteiger partial charge < -0.3 is 4.42 Å². The SMILES string of the molecule is c1ccc(-c2nc(-c3ccccc3)nc(-c3cccc(-c4cnc(-c5cccc6oc7ccccc7c56)c5ccccc45)c3)n2)cc1. The number of furan rings is 1. The van der Waals surface area contributed by atoms with Gasteiger partial charge in [0.1, 0.15) is 11.2 Å². The van der Waals surface area contributed by atoms with E-state index in [-0.39, 0.29) is 0 Å². The van der Waals surface area contributed by atoms with Gasteiger partial charge in [-0.1, -0.05) is 133 Å². The van der Waals surface area contributed by atoms with Crippen LogP contribution in [0.15, 0.2) is 162 Å². The molecule has 0 N–H and O–H groups in total. The van der Waals surface area contributed by atoms with E-state index in [1.165, 1.54) is 0 Å². The number of benzene rings is 6.